The second-order valence-corrected chi connectivity index (χ2v) is 3.04. The number of hydrogen-bond acceptors (Lipinski definition) is 2. The number of nitrogens with one attached hydrogen (secondary N) is 1. The van der Waals surface area contributed by atoms with Crippen LogP contribution in [0.5, 0.6) is 0 Å². The lowest BCUT2D eigenvalue weighted by molar-refractivity contribution is -0.120. The number of hydrogen-bond donors (Lipinski definition) is 2. The van der Waals surface area contributed by atoms with Crippen molar-refractivity contribution in [3.63, 3.8) is 0 Å². The van der Waals surface area contributed by atoms with E-state index in [9.17, 15) is 4.79 Å². The van der Waals surface area contributed by atoms with Crippen LogP contribution < -0.4 is 11.1 Å². The number of primary amides is 1. The first-order valence-corrected chi connectivity index (χ1v) is 4.18. The van der Waals surface area contributed by atoms with Crippen molar-refractivity contribution < 1.29 is 4.79 Å². The first kappa shape index (κ1) is 9.74. The van der Waals surface area contributed by atoms with E-state index in [1.165, 1.54) is 0 Å². The van der Waals surface area contributed by atoms with Gasteiger partial charge in [-0.25, -0.2) is 0 Å². The smallest absolute Gasteiger partial charge is 0.239 e. The Bertz CT molecular complexity index is 310. The molecule has 0 fully saturated rings. The summed E-state index contributed by atoms with van der Waals surface area (Å²) in [6, 6.07) is 7.35. The van der Waals surface area contributed by atoms with Crippen LogP contribution in [0.15, 0.2) is 24.3 Å². The fraction of sp³-hybridized carbons (Fsp3) is 0.300. The summed E-state index contributed by atoms with van der Waals surface area (Å²) in [6.07, 6.45) is 0. The Morgan fingerprint density at radius 2 is 2.23 bits per heavy atom. The average Bonchev–Trinajstić information content (AvgIpc) is 2.04. The monoisotopic (exact) mass is 178 g/mol. The zero-order valence-electron chi connectivity index (χ0n) is 7.87. The summed E-state index contributed by atoms with van der Waals surface area (Å²) in [5.41, 5.74) is 7.26. The lowest BCUT2D eigenvalue weighted by atomic mass is 10.0. The molecule has 1 aromatic carbocycles. The second-order valence-electron chi connectivity index (χ2n) is 3.04. The van der Waals surface area contributed by atoms with Crippen LogP contribution in [0.1, 0.15) is 17.2 Å². The van der Waals surface area contributed by atoms with Gasteiger partial charge in [0.25, 0.3) is 0 Å². The van der Waals surface area contributed by atoms with E-state index >= 15 is 0 Å². The van der Waals surface area contributed by atoms with Gasteiger partial charge in [0, 0.05) is 0 Å². The van der Waals surface area contributed by atoms with Gasteiger partial charge in [-0.15, -0.1) is 0 Å². The molecule has 0 spiro atoms. The van der Waals surface area contributed by atoms with Crippen molar-refractivity contribution in [2.75, 3.05) is 7.05 Å². The van der Waals surface area contributed by atoms with Crippen LogP contribution >= 0.6 is 0 Å². The maximum atomic E-state index is 11.0. The fourth-order valence-corrected chi connectivity index (χ4v) is 1.32. The van der Waals surface area contributed by atoms with Crippen LogP contribution in [0.25, 0.3) is 0 Å². The van der Waals surface area contributed by atoms with Crippen molar-refractivity contribution in [1.82, 2.24) is 5.32 Å². The maximum absolute atomic E-state index is 11.0. The summed E-state index contributed by atoms with van der Waals surface area (Å²) >= 11 is 0. The van der Waals surface area contributed by atoms with Crippen LogP contribution in [0, 0.1) is 6.92 Å². The molecule has 3 heteroatoms. The minimum Gasteiger partial charge on any atom is -0.368 e. The summed E-state index contributed by atoms with van der Waals surface area (Å²) < 4.78 is 0. The van der Waals surface area contributed by atoms with Crippen LogP contribution in [0.4, 0.5) is 0 Å². The van der Waals surface area contributed by atoms with Crippen molar-refractivity contribution >= 4 is 5.91 Å². The molecule has 1 amide bonds. The summed E-state index contributed by atoms with van der Waals surface area (Å²) in [6.45, 7) is 1.98. The molecule has 3 N–H and O–H groups in total. The van der Waals surface area contributed by atoms with Gasteiger partial charge >= 0.3 is 0 Å². The number of nitrogens with two attached hydrogens (primary N) is 1. The summed E-state index contributed by atoms with van der Waals surface area (Å²) in [5.74, 6) is -0.354. The molecule has 0 unspecified atom stereocenters. The van der Waals surface area contributed by atoms with Gasteiger partial charge < -0.3 is 11.1 Å². The SMILES string of the molecule is CN[C@@H](C(N)=O)c1cccc(C)c1. The van der Waals surface area contributed by atoms with Gasteiger partial charge in [-0.2, -0.15) is 0 Å². The predicted octanol–water partition coefficient (Wildman–Crippen LogP) is 0.741. The molecule has 0 heterocycles. The molecular formula is C10H14N2O. The Morgan fingerprint density at radius 3 is 2.69 bits per heavy atom. The molecule has 0 aliphatic carbocycles. The maximum Gasteiger partial charge on any atom is 0.239 e. The molecule has 0 radical (unpaired) electrons. The van der Waals surface area contributed by atoms with Crippen molar-refractivity contribution in [2.24, 2.45) is 5.73 Å². The Labute approximate surface area is 77.9 Å². The minimum absolute atomic E-state index is 0.354. The molecule has 0 bridgehead atoms. The average molecular weight is 178 g/mol. The minimum atomic E-state index is -0.389. The first-order chi connectivity index (χ1) is 6.15. The third kappa shape index (κ3) is 2.29. The molecule has 0 saturated carbocycles. The quantitative estimate of drug-likeness (QED) is 0.717. The van der Waals surface area contributed by atoms with Gasteiger partial charge in [0.15, 0.2) is 0 Å². The lowest BCUT2D eigenvalue weighted by Gasteiger charge is -2.12. The largest absolute Gasteiger partial charge is 0.368 e. The standard InChI is InChI=1S/C10H14N2O/c1-7-4-3-5-8(6-7)9(12-2)10(11)13/h3-6,9,12H,1-2H3,(H2,11,13)/t9-/m1/s1. The summed E-state index contributed by atoms with van der Waals surface area (Å²) in [4.78, 5) is 11.0. The number of rotatable bonds is 3. The van der Waals surface area contributed by atoms with Gasteiger partial charge in [-0.3, -0.25) is 4.79 Å². The number of carbonyl (C=O) groups excluding carboxylic acids is 1. The molecule has 1 rings (SSSR count). The van der Waals surface area contributed by atoms with Gasteiger partial charge in [-0.05, 0) is 19.5 Å². The third-order valence-corrected chi connectivity index (χ3v) is 1.95. The molecule has 13 heavy (non-hydrogen) atoms. The summed E-state index contributed by atoms with van der Waals surface area (Å²) in [7, 11) is 1.72. The van der Waals surface area contributed by atoms with Gasteiger partial charge in [0.05, 0.1) is 0 Å². The molecule has 3 nitrogen and oxygen atoms in total. The first-order valence-electron chi connectivity index (χ1n) is 4.18. The van der Waals surface area contributed by atoms with Crippen molar-refractivity contribution in [1.29, 1.82) is 0 Å². The van der Waals surface area contributed by atoms with E-state index in [0.717, 1.165) is 11.1 Å². The van der Waals surface area contributed by atoms with Crippen molar-refractivity contribution in [2.45, 2.75) is 13.0 Å². The van der Waals surface area contributed by atoms with E-state index in [1.54, 1.807) is 7.05 Å². The molecule has 1 atom stereocenters. The highest BCUT2D eigenvalue weighted by Crippen LogP contribution is 2.13. The summed E-state index contributed by atoms with van der Waals surface area (Å²) in [5, 5.41) is 2.87. The number of likely N-dealkylation sites (N-methyl/N-ethyl adjacent to an activating group) is 1. The molecule has 0 aliphatic heterocycles. The highest BCUT2D eigenvalue weighted by molar-refractivity contribution is 5.81. The van der Waals surface area contributed by atoms with E-state index < -0.39 is 0 Å². The Morgan fingerprint density at radius 1 is 1.54 bits per heavy atom. The van der Waals surface area contributed by atoms with E-state index in [1.807, 2.05) is 31.2 Å². The van der Waals surface area contributed by atoms with Crippen LogP contribution in [-0.2, 0) is 4.79 Å². The molecule has 0 saturated heterocycles. The normalized spacial score (nSPS) is 12.5. The Kier molecular flexibility index (Phi) is 3.03. The van der Waals surface area contributed by atoms with E-state index in [0.29, 0.717) is 0 Å². The zero-order valence-corrected chi connectivity index (χ0v) is 7.87. The number of carbonyl (C=O) groups is 1. The lowest BCUT2D eigenvalue weighted by Crippen LogP contribution is -2.31. The molecule has 1 aromatic rings. The Hall–Kier alpha value is -1.35. The van der Waals surface area contributed by atoms with Gasteiger partial charge in [0.2, 0.25) is 5.91 Å². The number of amides is 1. The fourth-order valence-electron chi connectivity index (χ4n) is 1.32. The van der Waals surface area contributed by atoms with E-state index in [-0.39, 0.29) is 11.9 Å². The highest BCUT2D eigenvalue weighted by atomic mass is 16.1. The third-order valence-electron chi connectivity index (χ3n) is 1.95. The van der Waals surface area contributed by atoms with E-state index in [2.05, 4.69) is 5.32 Å². The number of aryl methyl sites for hydroxylation is 1. The molecule has 0 aliphatic rings. The van der Waals surface area contributed by atoms with Crippen molar-refractivity contribution in [3.8, 4) is 0 Å². The number of benzene rings is 1. The highest BCUT2D eigenvalue weighted by Gasteiger charge is 2.14. The zero-order chi connectivity index (χ0) is 9.84. The van der Waals surface area contributed by atoms with Crippen molar-refractivity contribution in [3.05, 3.63) is 35.4 Å². The Balaban J connectivity index is 2.98. The molecule has 0 aromatic heterocycles. The van der Waals surface area contributed by atoms with E-state index in [4.69, 9.17) is 5.73 Å². The topological polar surface area (TPSA) is 55.1 Å². The van der Waals surface area contributed by atoms with Crippen LogP contribution in [0.2, 0.25) is 0 Å². The van der Waals surface area contributed by atoms with Gasteiger partial charge in [-0.1, -0.05) is 29.8 Å². The predicted molar refractivity (Wildman–Crippen MR) is 52.2 cm³/mol. The van der Waals surface area contributed by atoms with Crippen LogP contribution in [-0.4, -0.2) is 13.0 Å². The molecule has 70 valence electrons. The molecular weight excluding hydrogens is 164 g/mol. The van der Waals surface area contributed by atoms with Crippen LogP contribution in [0.3, 0.4) is 0 Å². The second kappa shape index (κ2) is 4.05. The van der Waals surface area contributed by atoms with Gasteiger partial charge in [0.1, 0.15) is 6.04 Å².